The van der Waals surface area contributed by atoms with Crippen LogP contribution in [-0.2, 0) is 6.42 Å². The standard InChI is InChI=1S/C10H18N2O/c1-4-5-6-7-9-11-12-10(13-9)8(2)3/h8H,4-7H2,1-3H3. The van der Waals surface area contributed by atoms with Gasteiger partial charge >= 0.3 is 0 Å². The Bertz CT molecular complexity index is 243. The Balaban J connectivity index is 2.40. The zero-order valence-corrected chi connectivity index (χ0v) is 8.71. The number of hydrogen-bond acceptors (Lipinski definition) is 3. The van der Waals surface area contributed by atoms with Crippen molar-refractivity contribution in [2.75, 3.05) is 0 Å². The summed E-state index contributed by atoms with van der Waals surface area (Å²) < 4.78 is 5.47. The highest BCUT2D eigenvalue weighted by Gasteiger charge is 2.08. The van der Waals surface area contributed by atoms with E-state index in [9.17, 15) is 0 Å². The summed E-state index contributed by atoms with van der Waals surface area (Å²) in [5.74, 6) is 1.89. The second-order valence-corrected chi connectivity index (χ2v) is 3.65. The number of aryl methyl sites for hydroxylation is 1. The van der Waals surface area contributed by atoms with Gasteiger partial charge in [-0.3, -0.25) is 0 Å². The van der Waals surface area contributed by atoms with Gasteiger partial charge in [0.25, 0.3) is 0 Å². The quantitative estimate of drug-likeness (QED) is 0.657. The Morgan fingerprint density at radius 2 is 2.00 bits per heavy atom. The Labute approximate surface area is 79.6 Å². The molecular weight excluding hydrogens is 164 g/mol. The van der Waals surface area contributed by atoms with Gasteiger partial charge in [-0.25, -0.2) is 0 Å². The lowest BCUT2D eigenvalue weighted by molar-refractivity contribution is 0.426. The molecule has 3 nitrogen and oxygen atoms in total. The van der Waals surface area contributed by atoms with Crippen LogP contribution < -0.4 is 0 Å². The topological polar surface area (TPSA) is 38.9 Å². The van der Waals surface area contributed by atoms with Gasteiger partial charge in [-0.1, -0.05) is 33.6 Å². The molecule has 1 rings (SSSR count). The largest absolute Gasteiger partial charge is 0.425 e. The summed E-state index contributed by atoms with van der Waals surface area (Å²) in [6.07, 6.45) is 4.54. The molecule has 13 heavy (non-hydrogen) atoms. The Morgan fingerprint density at radius 3 is 2.54 bits per heavy atom. The monoisotopic (exact) mass is 182 g/mol. The number of unbranched alkanes of at least 4 members (excludes halogenated alkanes) is 2. The molecule has 1 aromatic heterocycles. The van der Waals surface area contributed by atoms with Crippen molar-refractivity contribution in [3.63, 3.8) is 0 Å². The highest BCUT2D eigenvalue weighted by Crippen LogP contribution is 2.13. The van der Waals surface area contributed by atoms with E-state index in [1.165, 1.54) is 12.8 Å². The maximum Gasteiger partial charge on any atom is 0.219 e. The third kappa shape index (κ3) is 3.17. The number of aromatic nitrogens is 2. The molecule has 0 atom stereocenters. The van der Waals surface area contributed by atoms with Gasteiger partial charge in [0, 0.05) is 12.3 Å². The van der Waals surface area contributed by atoms with Gasteiger partial charge in [0.1, 0.15) is 0 Å². The third-order valence-corrected chi connectivity index (χ3v) is 1.97. The minimum atomic E-state index is 0.340. The minimum Gasteiger partial charge on any atom is -0.425 e. The van der Waals surface area contributed by atoms with Crippen LogP contribution in [-0.4, -0.2) is 10.2 Å². The fraction of sp³-hybridized carbons (Fsp3) is 0.800. The van der Waals surface area contributed by atoms with Gasteiger partial charge in [-0.05, 0) is 6.42 Å². The van der Waals surface area contributed by atoms with E-state index in [0.717, 1.165) is 24.6 Å². The van der Waals surface area contributed by atoms with Crippen LogP contribution in [0.3, 0.4) is 0 Å². The van der Waals surface area contributed by atoms with E-state index in [1.54, 1.807) is 0 Å². The summed E-state index contributed by atoms with van der Waals surface area (Å²) in [5, 5.41) is 7.97. The number of rotatable bonds is 5. The number of nitrogens with zero attached hydrogens (tertiary/aromatic N) is 2. The van der Waals surface area contributed by atoms with Crippen molar-refractivity contribution in [2.24, 2.45) is 0 Å². The predicted molar refractivity (Wildman–Crippen MR) is 51.6 cm³/mol. The van der Waals surface area contributed by atoms with Crippen molar-refractivity contribution in [2.45, 2.75) is 52.4 Å². The molecule has 0 aliphatic rings. The van der Waals surface area contributed by atoms with Gasteiger partial charge in [0.2, 0.25) is 11.8 Å². The first-order valence-electron chi connectivity index (χ1n) is 5.06. The SMILES string of the molecule is CCCCCc1nnc(C(C)C)o1. The van der Waals surface area contributed by atoms with Crippen LogP contribution in [0, 0.1) is 0 Å². The Morgan fingerprint density at radius 1 is 1.23 bits per heavy atom. The second kappa shape index (κ2) is 5.00. The Hall–Kier alpha value is -0.860. The van der Waals surface area contributed by atoms with E-state index in [4.69, 9.17) is 4.42 Å². The van der Waals surface area contributed by atoms with Gasteiger partial charge in [-0.15, -0.1) is 10.2 Å². The molecule has 0 unspecified atom stereocenters. The zero-order chi connectivity index (χ0) is 9.68. The molecule has 74 valence electrons. The average Bonchev–Trinajstić information content (AvgIpc) is 2.53. The number of hydrogen-bond donors (Lipinski definition) is 0. The fourth-order valence-corrected chi connectivity index (χ4v) is 1.13. The molecule has 0 bridgehead atoms. The summed E-state index contributed by atoms with van der Waals surface area (Å²) >= 11 is 0. The van der Waals surface area contributed by atoms with Crippen LogP contribution in [0.25, 0.3) is 0 Å². The third-order valence-electron chi connectivity index (χ3n) is 1.97. The lowest BCUT2D eigenvalue weighted by Crippen LogP contribution is -1.85. The van der Waals surface area contributed by atoms with Crippen molar-refractivity contribution in [1.82, 2.24) is 10.2 Å². The molecule has 1 heterocycles. The maximum atomic E-state index is 5.47. The molecule has 0 spiro atoms. The highest BCUT2D eigenvalue weighted by molar-refractivity contribution is 4.87. The van der Waals surface area contributed by atoms with E-state index in [2.05, 4.69) is 31.0 Å². The van der Waals surface area contributed by atoms with Crippen LogP contribution in [0.15, 0.2) is 4.42 Å². The second-order valence-electron chi connectivity index (χ2n) is 3.65. The van der Waals surface area contributed by atoms with Crippen molar-refractivity contribution in [3.05, 3.63) is 11.8 Å². The summed E-state index contributed by atoms with van der Waals surface area (Å²) in [6.45, 7) is 6.31. The van der Waals surface area contributed by atoms with Crippen LogP contribution in [0.5, 0.6) is 0 Å². The van der Waals surface area contributed by atoms with Crippen molar-refractivity contribution in [3.8, 4) is 0 Å². The summed E-state index contributed by atoms with van der Waals surface area (Å²) in [4.78, 5) is 0. The van der Waals surface area contributed by atoms with Gasteiger partial charge in [0.15, 0.2) is 0 Å². The van der Waals surface area contributed by atoms with Gasteiger partial charge < -0.3 is 4.42 Å². The summed E-state index contributed by atoms with van der Waals surface area (Å²) in [6, 6.07) is 0. The van der Waals surface area contributed by atoms with Crippen molar-refractivity contribution < 1.29 is 4.42 Å². The lowest BCUT2D eigenvalue weighted by atomic mass is 10.2. The molecule has 0 aliphatic heterocycles. The van der Waals surface area contributed by atoms with Crippen LogP contribution >= 0.6 is 0 Å². The molecule has 0 saturated carbocycles. The van der Waals surface area contributed by atoms with E-state index in [1.807, 2.05) is 0 Å². The molecule has 3 heteroatoms. The Kier molecular flexibility index (Phi) is 3.93. The molecule has 0 amide bonds. The normalized spacial score (nSPS) is 11.1. The summed E-state index contributed by atoms with van der Waals surface area (Å²) in [7, 11) is 0. The summed E-state index contributed by atoms with van der Waals surface area (Å²) in [5.41, 5.74) is 0. The van der Waals surface area contributed by atoms with Crippen molar-refractivity contribution >= 4 is 0 Å². The zero-order valence-electron chi connectivity index (χ0n) is 8.71. The molecule has 0 aromatic carbocycles. The first-order chi connectivity index (χ1) is 6.24. The van der Waals surface area contributed by atoms with E-state index in [0.29, 0.717) is 5.92 Å². The fourth-order valence-electron chi connectivity index (χ4n) is 1.13. The van der Waals surface area contributed by atoms with Gasteiger partial charge in [0.05, 0.1) is 0 Å². The average molecular weight is 182 g/mol. The molecule has 0 saturated heterocycles. The smallest absolute Gasteiger partial charge is 0.219 e. The molecule has 0 fully saturated rings. The van der Waals surface area contributed by atoms with Crippen LogP contribution in [0.1, 0.15) is 57.7 Å². The minimum absolute atomic E-state index is 0.340. The van der Waals surface area contributed by atoms with E-state index in [-0.39, 0.29) is 0 Å². The van der Waals surface area contributed by atoms with Crippen LogP contribution in [0.2, 0.25) is 0 Å². The molecule has 0 N–H and O–H groups in total. The van der Waals surface area contributed by atoms with E-state index >= 15 is 0 Å². The maximum absolute atomic E-state index is 5.47. The van der Waals surface area contributed by atoms with Crippen molar-refractivity contribution in [1.29, 1.82) is 0 Å². The molecular formula is C10H18N2O. The highest BCUT2D eigenvalue weighted by atomic mass is 16.4. The first kappa shape index (κ1) is 10.2. The van der Waals surface area contributed by atoms with E-state index < -0.39 is 0 Å². The molecule has 0 aliphatic carbocycles. The molecule has 1 aromatic rings. The van der Waals surface area contributed by atoms with Gasteiger partial charge in [-0.2, -0.15) is 0 Å². The first-order valence-corrected chi connectivity index (χ1v) is 5.06. The predicted octanol–water partition coefficient (Wildman–Crippen LogP) is 2.93. The molecule has 0 radical (unpaired) electrons. The van der Waals surface area contributed by atoms with Crippen LogP contribution in [0.4, 0.5) is 0 Å². The lowest BCUT2D eigenvalue weighted by Gasteiger charge is -1.95.